The first-order valence-corrected chi connectivity index (χ1v) is 9.58. The highest BCUT2D eigenvalue weighted by Crippen LogP contribution is 2.39. The van der Waals surface area contributed by atoms with Gasteiger partial charge in [0, 0.05) is 24.7 Å². The smallest absolute Gasteiger partial charge is 0.0334 e. The average molecular weight is 295 g/mol. The molecule has 0 aromatic heterocycles. The van der Waals surface area contributed by atoms with Crippen molar-refractivity contribution in [2.24, 2.45) is 17.6 Å². The van der Waals surface area contributed by atoms with Crippen molar-refractivity contribution in [2.75, 3.05) is 13.1 Å². The van der Waals surface area contributed by atoms with Gasteiger partial charge in [-0.15, -0.1) is 0 Å². The molecule has 0 amide bonds. The third kappa shape index (κ3) is 4.22. The lowest BCUT2D eigenvalue weighted by Crippen LogP contribution is -2.58. The summed E-state index contributed by atoms with van der Waals surface area (Å²) >= 11 is 0. The van der Waals surface area contributed by atoms with Crippen LogP contribution in [-0.4, -0.2) is 29.6 Å². The van der Waals surface area contributed by atoms with Gasteiger partial charge < -0.3 is 5.73 Å². The molecule has 2 rings (SSSR count). The molecule has 0 bridgehead atoms. The van der Waals surface area contributed by atoms with Crippen molar-refractivity contribution in [1.82, 2.24) is 4.90 Å². The summed E-state index contributed by atoms with van der Waals surface area (Å²) in [6.45, 7) is 9.23. The van der Waals surface area contributed by atoms with E-state index in [9.17, 15) is 0 Å². The first-order chi connectivity index (χ1) is 10.1. The van der Waals surface area contributed by atoms with Gasteiger partial charge in [0.15, 0.2) is 0 Å². The molecule has 2 fully saturated rings. The van der Waals surface area contributed by atoms with Gasteiger partial charge in [-0.1, -0.05) is 52.9 Å². The lowest BCUT2D eigenvalue weighted by molar-refractivity contribution is 0.0251. The fourth-order valence-electron chi connectivity index (χ4n) is 4.82. The zero-order valence-electron chi connectivity index (χ0n) is 14.7. The lowest BCUT2D eigenvalue weighted by Gasteiger charge is -2.47. The van der Waals surface area contributed by atoms with Gasteiger partial charge in [-0.25, -0.2) is 0 Å². The van der Waals surface area contributed by atoms with Gasteiger partial charge in [0.25, 0.3) is 0 Å². The van der Waals surface area contributed by atoms with Gasteiger partial charge in [0.2, 0.25) is 0 Å². The van der Waals surface area contributed by atoms with Gasteiger partial charge in [-0.2, -0.15) is 0 Å². The van der Waals surface area contributed by atoms with E-state index in [1.807, 2.05) is 0 Å². The summed E-state index contributed by atoms with van der Waals surface area (Å²) in [7, 11) is 0. The molecule has 2 aliphatic rings. The zero-order valence-corrected chi connectivity index (χ0v) is 14.7. The summed E-state index contributed by atoms with van der Waals surface area (Å²) in [4.78, 5) is 2.89. The minimum absolute atomic E-state index is 0.309. The van der Waals surface area contributed by atoms with E-state index in [2.05, 4.69) is 25.7 Å². The fourth-order valence-corrected chi connectivity index (χ4v) is 4.82. The highest BCUT2D eigenvalue weighted by molar-refractivity contribution is 4.98. The predicted molar refractivity (Wildman–Crippen MR) is 92.5 cm³/mol. The van der Waals surface area contributed by atoms with Crippen molar-refractivity contribution in [1.29, 1.82) is 0 Å². The van der Waals surface area contributed by atoms with E-state index in [-0.39, 0.29) is 0 Å². The summed E-state index contributed by atoms with van der Waals surface area (Å²) in [5, 5.41) is 0. The van der Waals surface area contributed by atoms with Gasteiger partial charge in [0.05, 0.1) is 0 Å². The van der Waals surface area contributed by atoms with Crippen LogP contribution in [0, 0.1) is 11.8 Å². The highest BCUT2D eigenvalue weighted by Gasteiger charge is 2.41. The maximum atomic E-state index is 6.40. The minimum atomic E-state index is 0.309. The molecule has 0 heterocycles. The molecule has 0 aromatic carbocycles. The van der Waals surface area contributed by atoms with Crippen LogP contribution in [0.5, 0.6) is 0 Å². The Balaban J connectivity index is 2.16. The molecule has 0 radical (unpaired) electrons. The van der Waals surface area contributed by atoms with E-state index in [4.69, 9.17) is 5.73 Å². The Morgan fingerprint density at radius 3 is 2.33 bits per heavy atom. The van der Waals surface area contributed by atoms with Crippen LogP contribution in [0.15, 0.2) is 0 Å². The summed E-state index contributed by atoms with van der Waals surface area (Å²) in [6, 6.07) is 0.814. The molecule has 21 heavy (non-hydrogen) atoms. The average Bonchev–Trinajstić information content (AvgIpc) is 2.91. The minimum Gasteiger partial charge on any atom is -0.329 e. The topological polar surface area (TPSA) is 29.3 Å². The molecule has 124 valence electrons. The van der Waals surface area contributed by atoms with Crippen LogP contribution in [0.25, 0.3) is 0 Å². The molecule has 0 aromatic rings. The molecule has 0 spiro atoms. The Hall–Kier alpha value is -0.0800. The summed E-state index contributed by atoms with van der Waals surface area (Å²) in [5.41, 5.74) is 6.71. The van der Waals surface area contributed by atoms with E-state index in [0.29, 0.717) is 5.54 Å². The van der Waals surface area contributed by atoms with Crippen LogP contribution in [0.4, 0.5) is 0 Å². The predicted octanol–water partition coefficient (Wildman–Crippen LogP) is 4.57. The number of nitrogens with two attached hydrogens (primary N) is 1. The SMILES string of the molecule is CCC1CCCC(CN)(N(CC(C)C)C2CCCC2)CC1. The van der Waals surface area contributed by atoms with E-state index in [0.717, 1.165) is 24.4 Å². The largest absolute Gasteiger partial charge is 0.329 e. The monoisotopic (exact) mass is 294 g/mol. The molecular formula is C19H38N2. The van der Waals surface area contributed by atoms with Crippen molar-refractivity contribution in [3.8, 4) is 0 Å². The third-order valence-corrected chi connectivity index (χ3v) is 6.17. The maximum Gasteiger partial charge on any atom is 0.0334 e. The Morgan fingerprint density at radius 2 is 1.76 bits per heavy atom. The van der Waals surface area contributed by atoms with Crippen LogP contribution >= 0.6 is 0 Å². The quantitative estimate of drug-likeness (QED) is 0.727. The van der Waals surface area contributed by atoms with Gasteiger partial charge in [0.1, 0.15) is 0 Å². The number of hydrogen-bond acceptors (Lipinski definition) is 2. The Kier molecular flexibility index (Phi) is 6.55. The number of hydrogen-bond donors (Lipinski definition) is 1. The second kappa shape index (κ2) is 7.97. The highest BCUT2D eigenvalue weighted by atomic mass is 15.2. The van der Waals surface area contributed by atoms with Crippen molar-refractivity contribution in [3.05, 3.63) is 0 Å². The van der Waals surface area contributed by atoms with Crippen LogP contribution in [-0.2, 0) is 0 Å². The lowest BCUT2D eigenvalue weighted by atomic mass is 9.85. The first kappa shape index (κ1) is 17.3. The molecule has 2 heteroatoms. The summed E-state index contributed by atoms with van der Waals surface area (Å²) in [5.74, 6) is 1.70. The van der Waals surface area contributed by atoms with E-state index < -0.39 is 0 Å². The molecule has 2 nitrogen and oxygen atoms in total. The fraction of sp³-hybridized carbons (Fsp3) is 1.00. The van der Waals surface area contributed by atoms with Crippen molar-refractivity contribution < 1.29 is 0 Å². The van der Waals surface area contributed by atoms with Crippen LogP contribution in [0.2, 0.25) is 0 Å². The van der Waals surface area contributed by atoms with Crippen molar-refractivity contribution in [3.63, 3.8) is 0 Å². The van der Waals surface area contributed by atoms with Crippen LogP contribution < -0.4 is 5.73 Å². The van der Waals surface area contributed by atoms with Gasteiger partial charge >= 0.3 is 0 Å². The van der Waals surface area contributed by atoms with Crippen LogP contribution in [0.3, 0.4) is 0 Å². The standard InChI is InChI=1S/C19H38N2/c1-4-17-8-7-12-19(15-20,13-11-17)21(14-16(2)3)18-9-5-6-10-18/h16-18H,4-15,20H2,1-3H3. The first-order valence-electron chi connectivity index (χ1n) is 9.58. The second-order valence-corrected chi connectivity index (χ2v) is 8.12. The van der Waals surface area contributed by atoms with Crippen molar-refractivity contribution >= 4 is 0 Å². The molecule has 2 N–H and O–H groups in total. The van der Waals surface area contributed by atoms with Crippen molar-refractivity contribution in [2.45, 2.75) is 96.6 Å². The van der Waals surface area contributed by atoms with Gasteiger partial charge in [-0.3, -0.25) is 4.90 Å². The Bertz CT molecular complexity index is 296. The molecular weight excluding hydrogens is 256 g/mol. The third-order valence-electron chi connectivity index (χ3n) is 6.17. The van der Waals surface area contributed by atoms with E-state index in [1.54, 1.807) is 0 Å². The zero-order chi connectivity index (χ0) is 15.3. The second-order valence-electron chi connectivity index (χ2n) is 8.12. The van der Waals surface area contributed by atoms with Crippen LogP contribution in [0.1, 0.15) is 85.0 Å². The normalized spacial score (nSPS) is 32.0. The molecule has 0 saturated heterocycles. The maximum absolute atomic E-state index is 6.40. The summed E-state index contributed by atoms with van der Waals surface area (Å²) in [6.07, 6.45) is 13.9. The summed E-state index contributed by atoms with van der Waals surface area (Å²) < 4.78 is 0. The van der Waals surface area contributed by atoms with Gasteiger partial charge in [-0.05, 0) is 43.9 Å². The molecule has 2 atom stereocenters. The Labute approximate surface area is 132 Å². The molecule has 2 aliphatic carbocycles. The Morgan fingerprint density at radius 1 is 1.05 bits per heavy atom. The number of rotatable bonds is 6. The molecule has 0 aliphatic heterocycles. The number of nitrogens with zero attached hydrogens (tertiary/aromatic N) is 1. The molecule has 2 saturated carbocycles. The molecule has 2 unspecified atom stereocenters. The van der Waals surface area contributed by atoms with E-state index >= 15 is 0 Å². The van der Waals surface area contributed by atoms with E-state index in [1.165, 1.54) is 70.8 Å².